The molecule has 2 heterocycles. The van der Waals surface area contributed by atoms with Crippen LogP contribution in [-0.2, 0) is 0 Å². The van der Waals surface area contributed by atoms with Crippen molar-refractivity contribution in [3.63, 3.8) is 0 Å². The molecule has 1 aromatic carbocycles. The SMILES string of the molecule is O=C(NCCCN1CCCC1)c1csc(Nc2ccccc2)n1. The fourth-order valence-corrected chi connectivity index (χ4v) is 3.39. The second-order valence-electron chi connectivity index (χ2n) is 5.69. The molecule has 5 nitrogen and oxygen atoms in total. The van der Waals surface area contributed by atoms with Gasteiger partial charge in [0.05, 0.1) is 0 Å². The van der Waals surface area contributed by atoms with Crippen molar-refractivity contribution in [2.24, 2.45) is 0 Å². The Labute approximate surface area is 140 Å². The molecule has 1 fully saturated rings. The van der Waals surface area contributed by atoms with Gasteiger partial charge in [-0.1, -0.05) is 18.2 Å². The number of anilines is 2. The van der Waals surface area contributed by atoms with Crippen LogP contribution in [0.4, 0.5) is 10.8 Å². The summed E-state index contributed by atoms with van der Waals surface area (Å²) in [7, 11) is 0. The van der Waals surface area contributed by atoms with Crippen LogP contribution in [0.1, 0.15) is 29.8 Å². The Morgan fingerprint density at radius 1 is 1.22 bits per heavy atom. The number of carbonyl (C=O) groups excluding carboxylic acids is 1. The number of amides is 1. The van der Waals surface area contributed by atoms with Gasteiger partial charge in [-0.3, -0.25) is 4.79 Å². The predicted octanol–water partition coefficient (Wildman–Crippen LogP) is 3.10. The third-order valence-corrected chi connectivity index (χ3v) is 4.65. The monoisotopic (exact) mass is 330 g/mol. The summed E-state index contributed by atoms with van der Waals surface area (Å²) in [5, 5.41) is 8.68. The van der Waals surface area contributed by atoms with Gasteiger partial charge in [-0.15, -0.1) is 11.3 Å². The van der Waals surface area contributed by atoms with Gasteiger partial charge >= 0.3 is 0 Å². The first-order chi connectivity index (χ1) is 11.3. The van der Waals surface area contributed by atoms with Gasteiger partial charge in [0.2, 0.25) is 0 Å². The average molecular weight is 330 g/mol. The number of likely N-dealkylation sites (tertiary alicyclic amines) is 1. The molecule has 0 bridgehead atoms. The third-order valence-electron chi connectivity index (χ3n) is 3.90. The van der Waals surface area contributed by atoms with Gasteiger partial charge in [0, 0.05) is 17.6 Å². The van der Waals surface area contributed by atoms with E-state index < -0.39 is 0 Å². The zero-order chi connectivity index (χ0) is 15.9. The molecule has 0 unspecified atom stereocenters. The number of aromatic nitrogens is 1. The molecular formula is C17H22N4OS. The zero-order valence-electron chi connectivity index (χ0n) is 13.1. The lowest BCUT2D eigenvalue weighted by molar-refractivity contribution is 0.0948. The van der Waals surface area contributed by atoms with Crippen LogP contribution in [0.25, 0.3) is 0 Å². The second kappa shape index (κ2) is 8.08. The van der Waals surface area contributed by atoms with Gasteiger partial charge in [-0.2, -0.15) is 0 Å². The highest BCUT2D eigenvalue weighted by atomic mass is 32.1. The van der Waals surface area contributed by atoms with Gasteiger partial charge in [0.1, 0.15) is 5.69 Å². The fourth-order valence-electron chi connectivity index (χ4n) is 2.68. The first-order valence-electron chi connectivity index (χ1n) is 8.09. The quantitative estimate of drug-likeness (QED) is 0.766. The van der Waals surface area contributed by atoms with E-state index in [1.807, 2.05) is 30.3 Å². The lowest BCUT2D eigenvalue weighted by Gasteiger charge is -2.13. The molecule has 1 aliphatic rings. The van der Waals surface area contributed by atoms with Crippen molar-refractivity contribution >= 4 is 28.1 Å². The Hall–Kier alpha value is -1.92. The van der Waals surface area contributed by atoms with Crippen LogP contribution in [0.15, 0.2) is 35.7 Å². The van der Waals surface area contributed by atoms with E-state index in [4.69, 9.17) is 0 Å². The highest BCUT2D eigenvalue weighted by Gasteiger charge is 2.12. The lowest BCUT2D eigenvalue weighted by Crippen LogP contribution is -2.28. The van der Waals surface area contributed by atoms with Crippen molar-refractivity contribution in [3.05, 3.63) is 41.4 Å². The Morgan fingerprint density at radius 3 is 2.78 bits per heavy atom. The molecule has 0 spiro atoms. The van der Waals surface area contributed by atoms with Crippen LogP contribution in [0.3, 0.4) is 0 Å². The summed E-state index contributed by atoms with van der Waals surface area (Å²) >= 11 is 1.44. The summed E-state index contributed by atoms with van der Waals surface area (Å²) in [6.45, 7) is 4.18. The van der Waals surface area contributed by atoms with Crippen LogP contribution >= 0.6 is 11.3 Å². The molecule has 0 radical (unpaired) electrons. The first-order valence-corrected chi connectivity index (χ1v) is 8.97. The van der Waals surface area contributed by atoms with E-state index in [1.165, 1.54) is 37.3 Å². The summed E-state index contributed by atoms with van der Waals surface area (Å²) in [5.41, 5.74) is 1.45. The van der Waals surface area contributed by atoms with Crippen LogP contribution in [-0.4, -0.2) is 42.0 Å². The molecule has 0 atom stereocenters. The van der Waals surface area contributed by atoms with Crippen molar-refractivity contribution in [1.82, 2.24) is 15.2 Å². The minimum atomic E-state index is -0.0937. The molecule has 2 aromatic rings. The average Bonchev–Trinajstić information content (AvgIpc) is 3.24. The Kier molecular flexibility index (Phi) is 5.60. The van der Waals surface area contributed by atoms with Gasteiger partial charge in [0.15, 0.2) is 5.13 Å². The number of benzene rings is 1. The van der Waals surface area contributed by atoms with E-state index in [0.29, 0.717) is 12.2 Å². The van der Waals surface area contributed by atoms with Crippen molar-refractivity contribution in [3.8, 4) is 0 Å². The molecule has 1 aromatic heterocycles. The summed E-state index contributed by atoms with van der Waals surface area (Å²) in [4.78, 5) is 18.9. The Balaban J connectivity index is 1.42. The molecule has 1 saturated heterocycles. The first kappa shape index (κ1) is 16.0. The molecule has 0 aliphatic carbocycles. The molecule has 2 N–H and O–H groups in total. The van der Waals surface area contributed by atoms with Gasteiger partial charge in [-0.25, -0.2) is 4.98 Å². The third kappa shape index (κ3) is 4.77. The molecule has 122 valence electrons. The minimum Gasteiger partial charge on any atom is -0.351 e. The molecule has 3 rings (SSSR count). The van der Waals surface area contributed by atoms with E-state index in [1.54, 1.807) is 5.38 Å². The molecule has 23 heavy (non-hydrogen) atoms. The Bertz CT molecular complexity index is 623. The molecule has 1 aliphatic heterocycles. The number of rotatable bonds is 7. The topological polar surface area (TPSA) is 57.3 Å². The minimum absolute atomic E-state index is 0.0937. The molecular weight excluding hydrogens is 308 g/mol. The van der Waals surface area contributed by atoms with Crippen LogP contribution < -0.4 is 10.6 Å². The second-order valence-corrected chi connectivity index (χ2v) is 6.55. The highest BCUT2D eigenvalue weighted by Crippen LogP contribution is 2.20. The summed E-state index contributed by atoms with van der Waals surface area (Å²) in [6.07, 6.45) is 3.61. The lowest BCUT2D eigenvalue weighted by atomic mass is 10.3. The van der Waals surface area contributed by atoms with Gasteiger partial charge in [0.25, 0.3) is 5.91 Å². The van der Waals surface area contributed by atoms with E-state index in [9.17, 15) is 4.79 Å². The zero-order valence-corrected chi connectivity index (χ0v) is 13.9. The maximum atomic E-state index is 12.1. The van der Waals surface area contributed by atoms with Gasteiger partial charge < -0.3 is 15.5 Å². The number of hydrogen-bond donors (Lipinski definition) is 2. The van der Waals surface area contributed by atoms with Crippen molar-refractivity contribution in [2.75, 3.05) is 31.5 Å². The fraction of sp³-hybridized carbons (Fsp3) is 0.412. The molecule has 6 heteroatoms. The number of carbonyl (C=O) groups is 1. The van der Waals surface area contributed by atoms with Crippen LogP contribution in [0.2, 0.25) is 0 Å². The molecule has 1 amide bonds. The largest absolute Gasteiger partial charge is 0.351 e. The Morgan fingerprint density at radius 2 is 2.00 bits per heavy atom. The van der Waals surface area contributed by atoms with Crippen LogP contribution in [0, 0.1) is 0 Å². The van der Waals surface area contributed by atoms with Gasteiger partial charge in [-0.05, 0) is 51.0 Å². The van der Waals surface area contributed by atoms with Crippen molar-refractivity contribution in [2.45, 2.75) is 19.3 Å². The van der Waals surface area contributed by atoms with Crippen LogP contribution in [0.5, 0.6) is 0 Å². The molecule has 0 saturated carbocycles. The van der Waals surface area contributed by atoms with E-state index in [2.05, 4.69) is 20.5 Å². The number of para-hydroxylation sites is 1. The summed E-state index contributed by atoms with van der Waals surface area (Å²) < 4.78 is 0. The smallest absolute Gasteiger partial charge is 0.270 e. The highest BCUT2D eigenvalue weighted by molar-refractivity contribution is 7.14. The van der Waals surface area contributed by atoms with Crippen molar-refractivity contribution in [1.29, 1.82) is 0 Å². The van der Waals surface area contributed by atoms with Crippen molar-refractivity contribution < 1.29 is 4.79 Å². The maximum Gasteiger partial charge on any atom is 0.270 e. The number of thiazole rings is 1. The normalized spacial score (nSPS) is 14.8. The summed E-state index contributed by atoms with van der Waals surface area (Å²) in [6, 6.07) is 9.83. The van der Waals surface area contributed by atoms with E-state index in [0.717, 1.165) is 23.8 Å². The van der Waals surface area contributed by atoms with E-state index >= 15 is 0 Å². The predicted molar refractivity (Wildman–Crippen MR) is 94.5 cm³/mol. The number of nitrogens with zero attached hydrogens (tertiary/aromatic N) is 2. The standard InChI is InChI=1S/C17H22N4OS/c22-16(18-9-6-12-21-10-4-5-11-21)15-13-23-17(20-15)19-14-7-2-1-3-8-14/h1-3,7-8,13H,4-6,9-12H2,(H,18,22)(H,19,20). The maximum absolute atomic E-state index is 12.1. The number of hydrogen-bond acceptors (Lipinski definition) is 5. The summed E-state index contributed by atoms with van der Waals surface area (Å²) in [5.74, 6) is -0.0937. The number of nitrogens with one attached hydrogen (secondary N) is 2. The van der Waals surface area contributed by atoms with E-state index in [-0.39, 0.29) is 5.91 Å².